The Balaban J connectivity index is 1.28. The molecular weight excluding hydrogens is 398 g/mol. The lowest BCUT2D eigenvalue weighted by molar-refractivity contribution is 0.0754. The minimum absolute atomic E-state index is 0.00354. The standard InChI is InChI=1S/C26H25N5O/c32-26(24-10-2-9-23(30-24)22-16-27-18-28-17-22)31-13-4-5-19(11-14-31)15-21-7-1-6-20-8-3-12-29-25(20)21/h1-3,6-10,12,16-19H,4-5,11,13-15H2. The van der Waals surface area contributed by atoms with Crippen molar-refractivity contribution in [3.8, 4) is 11.3 Å². The molecule has 6 nitrogen and oxygen atoms in total. The van der Waals surface area contributed by atoms with Gasteiger partial charge in [0, 0.05) is 42.6 Å². The Hall–Kier alpha value is -3.67. The zero-order chi connectivity index (χ0) is 21.8. The van der Waals surface area contributed by atoms with Crippen molar-refractivity contribution in [3.63, 3.8) is 0 Å². The Morgan fingerprint density at radius 3 is 2.72 bits per heavy atom. The van der Waals surface area contributed by atoms with Gasteiger partial charge in [-0.3, -0.25) is 9.78 Å². The van der Waals surface area contributed by atoms with Gasteiger partial charge >= 0.3 is 0 Å². The highest BCUT2D eigenvalue weighted by molar-refractivity contribution is 5.92. The number of amides is 1. The molecule has 4 aromatic rings. The number of benzene rings is 1. The van der Waals surface area contributed by atoms with Crippen molar-refractivity contribution in [1.82, 2.24) is 24.8 Å². The van der Waals surface area contributed by atoms with Gasteiger partial charge in [-0.25, -0.2) is 15.0 Å². The summed E-state index contributed by atoms with van der Waals surface area (Å²) in [5.41, 5.74) is 4.39. The maximum absolute atomic E-state index is 13.2. The van der Waals surface area contributed by atoms with Crippen molar-refractivity contribution in [2.75, 3.05) is 13.1 Å². The number of carbonyl (C=O) groups excluding carboxylic acids is 1. The van der Waals surface area contributed by atoms with Crippen LogP contribution in [0.1, 0.15) is 35.3 Å². The van der Waals surface area contributed by atoms with Crippen LogP contribution in [0.5, 0.6) is 0 Å². The molecule has 1 saturated heterocycles. The molecule has 1 atom stereocenters. The molecule has 0 aliphatic carbocycles. The zero-order valence-electron chi connectivity index (χ0n) is 17.9. The number of hydrogen-bond donors (Lipinski definition) is 0. The average Bonchev–Trinajstić information content (AvgIpc) is 3.10. The van der Waals surface area contributed by atoms with E-state index in [1.165, 1.54) is 17.3 Å². The van der Waals surface area contributed by atoms with Gasteiger partial charge in [-0.1, -0.05) is 30.3 Å². The fourth-order valence-corrected chi connectivity index (χ4v) is 4.52. The molecule has 1 aliphatic rings. The molecule has 1 aromatic carbocycles. The summed E-state index contributed by atoms with van der Waals surface area (Å²) in [5.74, 6) is 0.539. The summed E-state index contributed by atoms with van der Waals surface area (Å²) < 4.78 is 0. The molecule has 32 heavy (non-hydrogen) atoms. The van der Waals surface area contributed by atoms with E-state index in [9.17, 15) is 4.79 Å². The van der Waals surface area contributed by atoms with Crippen molar-refractivity contribution < 1.29 is 4.79 Å². The molecule has 3 aromatic heterocycles. The molecule has 0 saturated carbocycles. The largest absolute Gasteiger partial charge is 0.337 e. The monoisotopic (exact) mass is 423 g/mol. The van der Waals surface area contributed by atoms with E-state index in [-0.39, 0.29) is 5.91 Å². The van der Waals surface area contributed by atoms with E-state index in [1.54, 1.807) is 18.5 Å². The third kappa shape index (κ3) is 4.35. The Kier molecular flexibility index (Phi) is 5.83. The van der Waals surface area contributed by atoms with Gasteiger partial charge in [-0.05, 0) is 55.4 Å². The fraction of sp³-hybridized carbons (Fsp3) is 0.269. The highest BCUT2D eigenvalue weighted by Crippen LogP contribution is 2.26. The SMILES string of the molecule is O=C(c1cccc(-c2cncnc2)n1)N1CCCC(Cc2cccc3cccnc23)CC1. The Bertz CT molecular complexity index is 1220. The van der Waals surface area contributed by atoms with Crippen LogP contribution in [0.25, 0.3) is 22.2 Å². The van der Waals surface area contributed by atoms with Crippen molar-refractivity contribution in [2.45, 2.75) is 25.7 Å². The van der Waals surface area contributed by atoms with Crippen LogP contribution in [0.4, 0.5) is 0 Å². The van der Waals surface area contributed by atoms with E-state index >= 15 is 0 Å². The van der Waals surface area contributed by atoms with Crippen LogP contribution in [0.2, 0.25) is 0 Å². The molecular formula is C26H25N5O. The smallest absolute Gasteiger partial charge is 0.272 e. The van der Waals surface area contributed by atoms with Gasteiger partial charge in [0.2, 0.25) is 0 Å². The van der Waals surface area contributed by atoms with E-state index in [2.05, 4.69) is 44.2 Å². The molecule has 160 valence electrons. The summed E-state index contributed by atoms with van der Waals surface area (Å²) in [7, 11) is 0. The van der Waals surface area contributed by atoms with Crippen LogP contribution >= 0.6 is 0 Å². The van der Waals surface area contributed by atoms with Crippen LogP contribution in [0, 0.1) is 5.92 Å². The second-order valence-electron chi connectivity index (χ2n) is 8.32. The molecule has 5 rings (SSSR count). The van der Waals surface area contributed by atoms with Crippen molar-refractivity contribution in [1.29, 1.82) is 0 Å². The van der Waals surface area contributed by atoms with Gasteiger partial charge in [-0.15, -0.1) is 0 Å². The Morgan fingerprint density at radius 1 is 0.969 bits per heavy atom. The van der Waals surface area contributed by atoms with Crippen LogP contribution in [0.3, 0.4) is 0 Å². The second kappa shape index (κ2) is 9.22. The van der Waals surface area contributed by atoms with Gasteiger partial charge < -0.3 is 4.90 Å². The topological polar surface area (TPSA) is 71.9 Å². The molecule has 1 fully saturated rings. The normalized spacial score (nSPS) is 16.6. The van der Waals surface area contributed by atoms with Crippen LogP contribution < -0.4 is 0 Å². The van der Waals surface area contributed by atoms with Crippen LogP contribution in [-0.2, 0) is 6.42 Å². The minimum atomic E-state index is -0.00354. The number of hydrogen-bond acceptors (Lipinski definition) is 5. The molecule has 1 unspecified atom stereocenters. The molecule has 0 N–H and O–H groups in total. The van der Waals surface area contributed by atoms with Crippen molar-refractivity contribution >= 4 is 16.8 Å². The quantitative estimate of drug-likeness (QED) is 0.481. The summed E-state index contributed by atoms with van der Waals surface area (Å²) in [4.78, 5) is 32.4. The Morgan fingerprint density at radius 2 is 1.81 bits per heavy atom. The number of carbonyl (C=O) groups is 1. The van der Waals surface area contributed by atoms with Gasteiger partial charge in [0.1, 0.15) is 12.0 Å². The van der Waals surface area contributed by atoms with Gasteiger partial charge in [0.05, 0.1) is 11.2 Å². The van der Waals surface area contributed by atoms with E-state index in [1.807, 2.05) is 29.3 Å². The van der Waals surface area contributed by atoms with E-state index < -0.39 is 0 Å². The minimum Gasteiger partial charge on any atom is -0.337 e. The number of nitrogens with zero attached hydrogens (tertiary/aromatic N) is 5. The molecule has 1 aliphatic heterocycles. The third-order valence-electron chi connectivity index (χ3n) is 6.18. The van der Waals surface area contributed by atoms with Gasteiger partial charge in [0.25, 0.3) is 5.91 Å². The van der Waals surface area contributed by atoms with E-state index in [0.717, 1.165) is 49.9 Å². The lowest BCUT2D eigenvalue weighted by Gasteiger charge is -2.20. The summed E-state index contributed by atoms with van der Waals surface area (Å²) >= 11 is 0. The number of aromatic nitrogens is 4. The van der Waals surface area contributed by atoms with E-state index in [0.29, 0.717) is 17.3 Å². The molecule has 6 heteroatoms. The van der Waals surface area contributed by atoms with Crippen molar-refractivity contribution in [2.24, 2.45) is 5.92 Å². The number of fused-ring (bicyclic) bond motifs is 1. The first-order chi connectivity index (χ1) is 15.8. The third-order valence-corrected chi connectivity index (χ3v) is 6.18. The fourth-order valence-electron chi connectivity index (χ4n) is 4.52. The lowest BCUT2D eigenvalue weighted by atomic mass is 9.91. The van der Waals surface area contributed by atoms with Crippen LogP contribution in [0.15, 0.2) is 73.4 Å². The lowest BCUT2D eigenvalue weighted by Crippen LogP contribution is -2.32. The number of para-hydroxylation sites is 1. The van der Waals surface area contributed by atoms with E-state index in [4.69, 9.17) is 0 Å². The number of likely N-dealkylation sites (tertiary alicyclic amines) is 1. The summed E-state index contributed by atoms with van der Waals surface area (Å²) in [6.45, 7) is 1.52. The molecule has 0 bridgehead atoms. The molecule has 0 radical (unpaired) electrons. The summed E-state index contributed by atoms with van der Waals surface area (Å²) in [6.07, 6.45) is 10.9. The average molecular weight is 424 g/mol. The second-order valence-corrected chi connectivity index (χ2v) is 8.32. The number of rotatable bonds is 4. The maximum Gasteiger partial charge on any atom is 0.272 e. The van der Waals surface area contributed by atoms with Crippen LogP contribution in [-0.4, -0.2) is 43.8 Å². The van der Waals surface area contributed by atoms with Gasteiger partial charge in [-0.2, -0.15) is 0 Å². The number of pyridine rings is 2. The molecule has 4 heterocycles. The molecule has 0 spiro atoms. The first-order valence-electron chi connectivity index (χ1n) is 11.1. The predicted molar refractivity (Wildman–Crippen MR) is 124 cm³/mol. The highest BCUT2D eigenvalue weighted by Gasteiger charge is 2.23. The summed E-state index contributed by atoms with van der Waals surface area (Å²) in [6, 6.07) is 16.1. The maximum atomic E-state index is 13.2. The first kappa shape index (κ1) is 20.2. The first-order valence-corrected chi connectivity index (χ1v) is 11.1. The molecule has 1 amide bonds. The predicted octanol–water partition coefficient (Wildman–Crippen LogP) is 4.57. The van der Waals surface area contributed by atoms with Gasteiger partial charge in [0.15, 0.2) is 0 Å². The van der Waals surface area contributed by atoms with Crippen molar-refractivity contribution in [3.05, 3.63) is 84.7 Å². The zero-order valence-corrected chi connectivity index (χ0v) is 17.9. The summed E-state index contributed by atoms with van der Waals surface area (Å²) in [5, 5.41) is 1.19. The Labute approximate surface area is 187 Å². The highest BCUT2D eigenvalue weighted by atomic mass is 16.2.